The Morgan fingerprint density at radius 3 is 2.67 bits per heavy atom. The topological polar surface area (TPSA) is 44.1 Å². The van der Waals surface area contributed by atoms with Crippen LogP contribution in [0.25, 0.3) is 11.0 Å². The molecule has 1 saturated carbocycles. The highest BCUT2D eigenvalue weighted by atomic mass is 16.5. The minimum Gasteiger partial charge on any atom is -0.490 e. The Balaban J connectivity index is 1.70. The second kappa shape index (κ2) is 5.51. The zero-order valence-electron chi connectivity index (χ0n) is 12.9. The number of carbonyl (C=O) groups is 1. The molecular formula is C17H22N2O2. The van der Waals surface area contributed by atoms with Crippen molar-refractivity contribution in [3.63, 3.8) is 0 Å². The van der Waals surface area contributed by atoms with Crippen molar-refractivity contribution in [2.24, 2.45) is 13.0 Å². The first kappa shape index (κ1) is 14.1. The summed E-state index contributed by atoms with van der Waals surface area (Å²) in [5.74, 6) is 2.44. The van der Waals surface area contributed by atoms with E-state index in [2.05, 4.69) is 15.6 Å². The molecule has 0 aliphatic heterocycles. The minimum absolute atomic E-state index is 0.225. The number of nitrogens with zero attached hydrogens (tertiary/aromatic N) is 2. The van der Waals surface area contributed by atoms with Gasteiger partial charge in [0.2, 0.25) is 0 Å². The third kappa shape index (κ3) is 2.80. The molecule has 4 heteroatoms. The standard InChI is InChI=1S/C17H22N2O2/c1-11(20)13-4-6-14(7-5-13)21-15-8-9-17-16(10-15)18-12(2)19(17)3/h8-10,13-14H,4-7H2,1-3H3/t13-,14+. The number of ether oxygens (including phenoxy) is 1. The molecule has 112 valence electrons. The van der Waals surface area contributed by atoms with Crippen LogP contribution in [0.2, 0.25) is 0 Å². The second-order valence-corrected chi connectivity index (χ2v) is 6.07. The lowest BCUT2D eigenvalue weighted by Gasteiger charge is -2.27. The summed E-state index contributed by atoms with van der Waals surface area (Å²) in [7, 11) is 2.02. The molecule has 1 aliphatic rings. The molecule has 0 amide bonds. The Morgan fingerprint density at radius 2 is 2.00 bits per heavy atom. The summed E-state index contributed by atoms with van der Waals surface area (Å²) >= 11 is 0. The first-order valence-electron chi connectivity index (χ1n) is 7.65. The van der Waals surface area contributed by atoms with E-state index in [0.717, 1.165) is 48.3 Å². The Morgan fingerprint density at radius 1 is 1.29 bits per heavy atom. The van der Waals surface area contributed by atoms with Crippen molar-refractivity contribution >= 4 is 16.8 Å². The Labute approximate surface area is 125 Å². The minimum atomic E-state index is 0.225. The number of ketones is 1. The fraction of sp³-hybridized carbons (Fsp3) is 0.529. The maximum absolute atomic E-state index is 11.4. The van der Waals surface area contributed by atoms with Gasteiger partial charge in [0, 0.05) is 19.0 Å². The highest BCUT2D eigenvalue weighted by Crippen LogP contribution is 2.29. The van der Waals surface area contributed by atoms with E-state index in [1.54, 1.807) is 6.92 Å². The van der Waals surface area contributed by atoms with Gasteiger partial charge in [-0.05, 0) is 51.7 Å². The summed E-state index contributed by atoms with van der Waals surface area (Å²) in [4.78, 5) is 15.9. The van der Waals surface area contributed by atoms with E-state index < -0.39 is 0 Å². The quantitative estimate of drug-likeness (QED) is 0.868. The predicted molar refractivity (Wildman–Crippen MR) is 82.5 cm³/mol. The van der Waals surface area contributed by atoms with Crippen LogP contribution in [0, 0.1) is 12.8 Å². The third-order valence-corrected chi connectivity index (χ3v) is 4.63. The number of rotatable bonds is 3. The largest absolute Gasteiger partial charge is 0.490 e. The van der Waals surface area contributed by atoms with E-state index in [1.165, 1.54) is 0 Å². The number of Topliss-reactive ketones (excluding diaryl/α,β-unsaturated/α-hetero) is 1. The van der Waals surface area contributed by atoms with Crippen molar-refractivity contribution in [1.82, 2.24) is 9.55 Å². The molecule has 0 saturated heterocycles. The lowest BCUT2D eigenvalue weighted by molar-refractivity contribution is -0.122. The van der Waals surface area contributed by atoms with Crippen molar-refractivity contribution in [3.8, 4) is 5.75 Å². The Kier molecular flexibility index (Phi) is 3.70. The van der Waals surface area contributed by atoms with Crippen molar-refractivity contribution in [2.75, 3.05) is 0 Å². The molecule has 1 aromatic heterocycles. The number of aryl methyl sites for hydroxylation is 2. The van der Waals surface area contributed by atoms with Gasteiger partial charge in [-0.3, -0.25) is 4.79 Å². The summed E-state index contributed by atoms with van der Waals surface area (Å²) in [6.07, 6.45) is 4.05. The second-order valence-electron chi connectivity index (χ2n) is 6.07. The van der Waals surface area contributed by atoms with Gasteiger partial charge in [0.15, 0.2) is 0 Å². The number of imidazole rings is 1. The average Bonchev–Trinajstić information content (AvgIpc) is 2.74. The van der Waals surface area contributed by atoms with Crippen molar-refractivity contribution in [2.45, 2.75) is 45.6 Å². The molecule has 1 fully saturated rings. The number of hydrogen-bond donors (Lipinski definition) is 0. The number of aromatic nitrogens is 2. The lowest BCUT2D eigenvalue weighted by atomic mass is 9.85. The molecule has 0 spiro atoms. The Bertz CT molecular complexity index is 667. The van der Waals surface area contributed by atoms with Crippen LogP contribution in [-0.4, -0.2) is 21.4 Å². The van der Waals surface area contributed by atoms with E-state index in [9.17, 15) is 4.79 Å². The van der Waals surface area contributed by atoms with Gasteiger partial charge in [0.25, 0.3) is 0 Å². The molecule has 0 atom stereocenters. The van der Waals surface area contributed by atoms with Crippen LogP contribution >= 0.6 is 0 Å². The summed E-state index contributed by atoms with van der Waals surface area (Å²) < 4.78 is 8.16. The first-order valence-corrected chi connectivity index (χ1v) is 7.65. The van der Waals surface area contributed by atoms with E-state index >= 15 is 0 Å². The molecule has 0 N–H and O–H groups in total. The van der Waals surface area contributed by atoms with Crippen molar-refractivity contribution in [3.05, 3.63) is 24.0 Å². The van der Waals surface area contributed by atoms with Crippen molar-refractivity contribution < 1.29 is 9.53 Å². The summed E-state index contributed by atoms with van der Waals surface area (Å²) in [6.45, 7) is 3.70. The fourth-order valence-electron chi connectivity index (χ4n) is 3.15. The molecule has 0 bridgehead atoms. The molecule has 1 aliphatic carbocycles. The van der Waals surface area contributed by atoms with Gasteiger partial charge in [-0.15, -0.1) is 0 Å². The van der Waals surface area contributed by atoms with Crippen LogP contribution in [-0.2, 0) is 11.8 Å². The van der Waals surface area contributed by atoms with Crippen LogP contribution < -0.4 is 4.74 Å². The van der Waals surface area contributed by atoms with E-state index in [4.69, 9.17) is 4.74 Å². The zero-order valence-corrected chi connectivity index (χ0v) is 12.9. The third-order valence-electron chi connectivity index (χ3n) is 4.63. The molecule has 2 aromatic rings. The highest BCUT2D eigenvalue weighted by molar-refractivity contribution is 5.78. The Hall–Kier alpha value is -1.84. The number of carbonyl (C=O) groups excluding carboxylic acids is 1. The van der Waals surface area contributed by atoms with Gasteiger partial charge < -0.3 is 9.30 Å². The molecule has 1 heterocycles. The smallest absolute Gasteiger partial charge is 0.132 e. The van der Waals surface area contributed by atoms with Gasteiger partial charge in [-0.1, -0.05) is 0 Å². The number of fused-ring (bicyclic) bond motifs is 1. The lowest BCUT2D eigenvalue weighted by Crippen LogP contribution is -2.26. The number of hydrogen-bond acceptors (Lipinski definition) is 3. The van der Waals surface area contributed by atoms with Crippen LogP contribution in [0.1, 0.15) is 38.4 Å². The molecule has 4 nitrogen and oxygen atoms in total. The van der Waals surface area contributed by atoms with Gasteiger partial charge in [0.1, 0.15) is 17.4 Å². The normalized spacial score (nSPS) is 22.4. The number of benzene rings is 1. The van der Waals surface area contributed by atoms with Crippen molar-refractivity contribution in [1.29, 1.82) is 0 Å². The molecule has 3 rings (SSSR count). The maximum Gasteiger partial charge on any atom is 0.132 e. The fourth-order valence-corrected chi connectivity index (χ4v) is 3.15. The summed E-state index contributed by atoms with van der Waals surface area (Å²) in [5, 5.41) is 0. The van der Waals surface area contributed by atoms with Crippen LogP contribution in [0.5, 0.6) is 5.75 Å². The monoisotopic (exact) mass is 286 g/mol. The van der Waals surface area contributed by atoms with Crippen LogP contribution in [0.4, 0.5) is 0 Å². The zero-order chi connectivity index (χ0) is 15.0. The summed E-state index contributed by atoms with van der Waals surface area (Å²) in [6, 6.07) is 6.09. The molecule has 1 aromatic carbocycles. The predicted octanol–water partition coefficient (Wildman–Crippen LogP) is 3.41. The molecule has 21 heavy (non-hydrogen) atoms. The van der Waals surface area contributed by atoms with Gasteiger partial charge in [-0.25, -0.2) is 4.98 Å². The highest BCUT2D eigenvalue weighted by Gasteiger charge is 2.25. The average molecular weight is 286 g/mol. The van der Waals surface area contributed by atoms with Gasteiger partial charge in [-0.2, -0.15) is 0 Å². The summed E-state index contributed by atoms with van der Waals surface area (Å²) in [5.41, 5.74) is 2.10. The van der Waals surface area contributed by atoms with Gasteiger partial charge >= 0.3 is 0 Å². The first-order chi connectivity index (χ1) is 10.0. The van der Waals surface area contributed by atoms with Gasteiger partial charge in [0.05, 0.1) is 17.1 Å². The molecular weight excluding hydrogens is 264 g/mol. The van der Waals surface area contributed by atoms with Crippen LogP contribution in [0.3, 0.4) is 0 Å². The maximum atomic E-state index is 11.4. The molecule has 0 unspecified atom stereocenters. The van der Waals surface area contributed by atoms with E-state index in [-0.39, 0.29) is 12.0 Å². The SMILES string of the molecule is Cc1nc2cc(O[C@H]3CC[C@@H](C(C)=O)CC3)ccc2n1C. The van der Waals surface area contributed by atoms with E-state index in [0.29, 0.717) is 5.78 Å². The van der Waals surface area contributed by atoms with Crippen LogP contribution in [0.15, 0.2) is 18.2 Å². The van der Waals surface area contributed by atoms with E-state index in [1.807, 2.05) is 26.1 Å². The molecule has 0 radical (unpaired) electrons.